The molecule has 0 unspecified atom stereocenters. The highest BCUT2D eigenvalue weighted by molar-refractivity contribution is 9.10. The quantitative estimate of drug-likeness (QED) is 0.802. The van der Waals surface area contributed by atoms with Crippen LogP contribution in [0.15, 0.2) is 21.5 Å². The predicted molar refractivity (Wildman–Crippen MR) is 73.7 cm³/mol. The monoisotopic (exact) mass is 365 g/mol. The van der Waals surface area contributed by atoms with E-state index in [1.165, 1.54) is 4.31 Å². The fourth-order valence-corrected chi connectivity index (χ4v) is 5.13. The van der Waals surface area contributed by atoms with Gasteiger partial charge in [-0.1, -0.05) is 0 Å². The van der Waals surface area contributed by atoms with E-state index < -0.39 is 26.6 Å². The zero-order valence-corrected chi connectivity index (χ0v) is 13.1. The molecule has 0 aliphatic heterocycles. The molecule has 2 aliphatic rings. The van der Waals surface area contributed by atoms with E-state index >= 15 is 0 Å². The van der Waals surface area contributed by atoms with Crippen LogP contribution in [-0.4, -0.2) is 25.3 Å². The second kappa shape index (κ2) is 5.03. The first-order chi connectivity index (χ1) is 9.39. The second-order valence-electron chi connectivity index (χ2n) is 5.45. The molecule has 0 bridgehead atoms. The third kappa shape index (κ3) is 2.76. The van der Waals surface area contributed by atoms with Crippen LogP contribution in [0.4, 0.5) is 8.78 Å². The van der Waals surface area contributed by atoms with Crippen molar-refractivity contribution in [2.45, 2.75) is 36.6 Å². The van der Waals surface area contributed by atoms with Crippen molar-refractivity contribution >= 4 is 26.0 Å². The molecule has 0 N–H and O–H groups in total. The van der Waals surface area contributed by atoms with Crippen molar-refractivity contribution in [3.63, 3.8) is 0 Å². The molecule has 1 aromatic carbocycles. The number of hydrogen-bond donors (Lipinski definition) is 0. The fourth-order valence-electron chi connectivity index (χ4n) is 2.25. The molecule has 7 heteroatoms. The minimum absolute atomic E-state index is 0.0306. The van der Waals surface area contributed by atoms with Crippen LogP contribution in [0.1, 0.15) is 25.7 Å². The molecule has 2 fully saturated rings. The summed E-state index contributed by atoms with van der Waals surface area (Å²) >= 11 is 2.97. The molecule has 2 saturated carbocycles. The van der Waals surface area contributed by atoms with Crippen LogP contribution in [0.25, 0.3) is 0 Å². The first-order valence-electron chi connectivity index (χ1n) is 6.56. The summed E-state index contributed by atoms with van der Waals surface area (Å²) < 4.78 is 53.7. The van der Waals surface area contributed by atoms with Gasteiger partial charge in [-0.3, -0.25) is 0 Å². The Balaban J connectivity index is 2.01. The zero-order valence-electron chi connectivity index (χ0n) is 10.7. The standard InChI is InChI=1S/C13H14BrF2NO2S/c14-11-5-9(15)6-12(16)13(11)20(18,19)17(10-3-4-10)7-8-1-2-8/h5-6,8,10H,1-4,7H2. The van der Waals surface area contributed by atoms with E-state index in [2.05, 4.69) is 15.9 Å². The van der Waals surface area contributed by atoms with Gasteiger partial charge in [-0.25, -0.2) is 17.2 Å². The normalized spacial score (nSPS) is 19.6. The van der Waals surface area contributed by atoms with Crippen molar-refractivity contribution in [2.24, 2.45) is 5.92 Å². The van der Waals surface area contributed by atoms with Gasteiger partial charge in [-0.05, 0) is 53.6 Å². The van der Waals surface area contributed by atoms with Gasteiger partial charge in [-0.15, -0.1) is 0 Å². The highest BCUT2D eigenvalue weighted by Gasteiger charge is 2.42. The molecule has 0 aromatic heterocycles. The van der Waals surface area contributed by atoms with E-state index in [4.69, 9.17) is 0 Å². The number of hydrogen-bond acceptors (Lipinski definition) is 2. The van der Waals surface area contributed by atoms with Crippen molar-refractivity contribution in [2.75, 3.05) is 6.54 Å². The minimum Gasteiger partial charge on any atom is -0.207 e. The van der Waals surface area contributed by atoms with E-state index in [1.807, 2.05) is 0 Å². The van der Waals surface area contributed by atoms with E-state index in [1.54, 1.807) is 0 Å². The summed E-state index contributed by atoms with van der Waals surface area (Å²) in [4.78, 5) is -0.452. The third-order valence-electron chi connectivity index (χ3n) is 3.62. The molecule has 0 spiro atoms. The molecular weight excluding hydrogens is 352 g/mol. The van der Waals surface area contributed by atoms with Crippen LogP contribution in [0.3, 0.4) is 0 Å². The van der Waals surface area contributed by atoms with Gasteiger partial charge >= 0.3 is 0 Å². The molecule has 0 heterocycles. The fraction of sp³-hybridized carbons (Fsp3) is 0.538. The molecule has 110 valence electrons. The first kappa shape index (κ1) is 14.4. The van der Waals surface area contributed by atoms with Crippen LogP contribution < -0.4 is 0 Å². The van der Waals surface area contributed by atoms with Gasteiger partial charge in [-0.2, -0.15) is 4.31 Å². The van der Waals surface area contributed by atoms with E-state index in [0.717, 1.165) is 31.7 Å². The van der Waals surface area contributed by atoms with E-state index in [-0.39, 0.29) is 10.5 Å². The molecule has 20 heavy (non-hydrogen) atoms. The maximum Gasteiger partial charge on any atom is 0.247 e. The summed E-state index contributed by atoms with van der Waals surface area (Å²) in [5, 5.41) is 0. The van der Waals surface area contributed by atoms with Crippen LogP contribution in [-0.2, 0) is 10.0 Å². The van der Waals surface area contributed by atoms with Gasteiger partial charge in [0, 0.05) is 23.1 Å². The number of halogens is 3. The molecule has 0 saturated heterocycles. The van der Waals surface area contributed by atoms with E-state index in [9.17, 15) is 17.2 Å². The Kier molecular flexibility index (Phi) is 3.63. The predicted octanol–water partition coefficient (Wildman–Crippen LogP) is 3.29. The van der Waals surface area contributed by atoms with Gasteiger partial charge < -0.3 is 0 Å². The Morgan fingerprint density at radius 2 is 1.85 bits per heavy atom. The molecule has 2 aliphatic carbocycles. The third-order valence-corrected chi connectivity index (χ3v) is 6.50. The lowest BCUT2D eigenvalue weighted by molar-refractivity contribution is 0.385. The van der Waals surface area contributed by atoms with Crippen molar-refractivity contribution in [1.29, 1.82) is 0 Å². The van der Waals surface area contributed by atoms with Crippen molar-refractivity contribution in [3.8, 4) is 0 Å². The average molecular weight is 366 g/mol. The van der Waals surface area contributed by atoms with Crippen LogP contribution in [0, 0.1) is 17.6 Å². The summed E-state index contributed by atoms with van der Waals surface area (Å²) in [5.41, 5.74) is 0. The summed E-state index contributed by atoms with van der Waals surface area (Å²) in [7, 11) is -3.93. The first-order valence-corrected chi connectivity index (χ1v) is 8.79. The molecule has 0 amide bonds. The van der Waals surface area contributed by atoms with Crippen molar-refractivity contribution < 1.29 is 17.2 Å². The Bertz CT molecular complexity index is 619. The highest BCUT2D eigenvalue weighted by atomic mass is 79.9. The van der Waals surface area contributed by atoms with Crippen LogP contribution in [0.2, 0.25) is 0 Å². The molecule has 0 atom stereocenters. The van der Waals surface area contributed by atoms with Crippen molar-refractivity contribution in [1.82, 2.24) is 4.31 Å². The van der Waals surface area contributed by atoms with Gasteiger partial charge in [0.25, 0.3) is 0 Å². The van der Waals surface area contributed by atoms with Crippen molar-refractivity contribution in [3.05, 3.63) is 28.2 Å². The number of rotatable bonds is 5. The average Bonchev–Trinajstić information content (AvgIpc) is 3.18. The minimum atomic E-state index is -3.93. The van der Waals surface area contributed by atoms with Gasteiger partial charge in [0.15, 0.2) is 0 Å². The summed E-state index contributed by atoms with van der Waals surface area (Å²) in [6.07, 6.45) is 3.66. The molecular formula is C13H14BrF2NO2S. The molecule has 3 rings (SSSR count). The summed E-state index contributed by atoms with van der Waals surface area (Å²) in [6, 6.07) is 1.56. The Morgan fingerprint density at radius 3 is 2.35 bits per heavy atom. The molecule has 3 nitrogen and oxygen atoms in total. The highest BCUT2D eigenvalue weighted by Crippen LogP contribution is 2.39. The smallest absolute Gasteiger partial charge is 0.207 e. The van der Waals surface area contributed by atoms with Gasteiger partial charge in [0.2, 0.25) is 10.0 Å². The van der Waals surface area contributed by atoms with Gasteiger partial charge in [0.05, 0.1) is 0 Å². The summed E-state index contributed by atoms with van der Waals surface area (Å²) in [6.45, 7) is 0.441. The zero-order chi connectivity index (χ0) is 14.5. The maximum atomic E-state index is 13.9. The Morgan fingerprint density at radius 1 is 1.20 bits per heavy atom. The lowest BCUT2D eigenvalue weighted by atomic mass is 10.3. The number of sulfonamides is 1. The van der Waals surface area contributed by atoms with Crippen LogP contribution in [0.5, 0.6) is 0 Å². The Labute approximate surface area is 125 Å². The molecule has 1 aromatic rings. The lowest BCUT2D eigenvalue weighted by Crippen LogP contribution is -2.35. The largest absolute Gasteiger partial charge is 0.247 e. The Hall–Kier alpha value is -0.530. The van der Waals surface area contributed by atoms with Crippen LogP contribution >= 0.6 is 15.9 Å². The SMILES string of the molecule is O=S(=O)(c1c(F)cc(F)cc1Br)N(CC1CC1)C1CC1. The van der Waals surface area contributed by atoms with E-state index in [0.29, 0.717) is 18.5 Å². The topological polar surface area (TPSA) is 37.4 Å². The lowest BCUT2D eigenvalue weighted by Gasteiger charge is -2.22. The molecule has 0 radical (unpaired) electrons. The summed E-state index contributed by atoms with van der Waals surface area (Å²) in [5.74, 6) is -1.46. The number of benzene rings is 1. The second-order valence-corrected chi connectivity index (χ2v) is 8.13. The van der Waals surface area contributed by atoms with Gasteiger partial charge in [0.1, 0.15) is 16.5 Å². The number of nitrogens with zero attached hydrogens (tertiary/aromatic N) is 1. The maximum absolute atomic E-state index is 13.9.